The Bertz CT molecular complexity index is 100. The fourth-order valence-corrected chi connectivity index (χ4v) is 1.63. The second-order valence-corrected chi connectivity index (χ2v) is 4.16. The van der Waals surface area contributed by atoms with Crippen LogP contribution in [-0.2, 0) is 0 Å². The zero-order chi connectivity index (χ0) is 9.61. The molecule has 0 saturated carbocycles. The van der Waals surface area contributed by atoms with Gasteiger partial charge in [0.15, 0.2) is 0 Å². The Morgan fingerprint density at radius 1 is 1.25 bits per heavy atom. The lowest BCUT2D eigenvalue weighted by Gasteiger charge is -2.31. The van der Waals surface area contributed by atoms with Gasteiger partial charge in [0.1, 0.15) is 0 Å². The summed E-state index contributed by atoms with van der Waals surface area (Å²) in [6.45, 7) is 9.89. The largest absolute Gasteiger partial charge is 0.310 e. The molecule has 2 heteroatoms. The first-order valence-electron chi connectivity index (χ1n) is 4.91. The third kappa shape index (κ3) is 3.77. The van der Waals surface area contributed by atoms with Crippen molar-refractivity contribution in [2.75, 3.05) is 12.4 Å². The minimum absolute atomic E-state index is 0.172. The van der Waals surface area contributed by atoms with Crippen molar-refractivity contribution in [2.45, 2.75) is 46.1 Å². The van der Waals surface area contributed by atoms with E-state index in [0.717, 1.165) is 19.4 Å². The van der Waals surface area contributed by atoms with Gasteiger partial charge < -0.3 is 5.32 Å². The quantitative estimate of drug-likeness (QED) is 0.637. The molecule has 12 heavy (non-hydrogen) atoms. The monoisotopic (exact) mass is 191 g/mol. The van der Waals surface area contributed by atoms with Crippen molar-refractivity contribution in [3.05, 3.63) is 0 Å². The molecular weight excluding hydrogens is 170 g/mol. The summed E-state index contributed by atoms with van der Waals surface area (Å²) in [5.74, 6) is 1.41. The summed E-state index contributed by atoms with van der Waals surface area (Å²) in [5.41, 5.74) is 0.172. The number of alkyl halides is 1. The van der Waals surface area contributed by atoms with Crippen LogP contribution in [0.4, 0.5) is 0 Å². The second-order valence-electron chi connectivity index (χ2n) is 3.90. The van der Waals surface area contributed by atoms with Crippen molar-refractivity contribution >= 4 is 11.6 Å². The minimum Gasteiger partial charge on any atom is -0.310 e. The summed E-state index contributed by atoms with van der Waals surface area (Å²) in [5, 5.41) is 3.55. The smallest absolute Gasteiger partial charge is 0.0405 e. The van der Waals surface area contributed by atoms with E-state index in [1.165, 1.54) is 0 Å². The summed E-state index contributed by atoms with van der Waals surface area (Å²) >= 11 is 5.95. The molecule has 0 radical (unpaired) electrons. The zero-order valence-electron chi connectivity index (χ0n) is 8.78. The van der Waals surface area contributed by atoms with Crippen LogP contribution in [0, 0.1) is 5.92 Å². The lowest BCUT2D eigenvalue weighted by Crippen LogP contribution is -2.47. The van der Waals surface area contributed by atoms with Crippen molar-refractivity contribution in [1.82, 2.24) is 5.32 Å². The molecule has 0 fully saturated rings. The lowest BCUT2D eigenvalue weighted by atomic mass is 9.94. The van der Waals surface area contributed by atoms with Gasteiger partial charge >= 0.3 is 0 Å². The molecule has 0 aliphatic rings. The molecule has 74 valence electrons. The SMILES string of the molecule is CCC(CC)(CCl)NCC(C)C. The van der Waals surface area contributed by atoms with Crippen molar-refractivity contribution in [2.24, 2.45) is 5.92 Å². The topological polar surface area (TPSA) is 12.0 Å². The Morgan fingerprint density at radius 3 is 2.00 bits per heavy atom. The van der Waals surface area contributed by atoms with Crippen molar-refractivity contribution in [3.63, 3.8) is 0 Å². The third-order valence-corrected chi connectivity index (χ3v) is 3.01. The molecule has 1 N–H and O–H groups in total. The standard InChI is InChI=1S/C10H22ClN/c1-5-10(6-2,8-11)12-7-9(3)4/h9,12H,5-8H2,1-4H3. The van der Waals surface area contributed by atoms with E-state index in [0.29, 0.717) is 11.8 Å². The van der Waals surface area contributed by atoms with Gasteiger partial charge in [-0.3, -0.25) is 0 Å². The van der Waals surface area contributed by atoms with E-state index < -0.39 is 0 Å². The van der Waals surface area contributed by atoms with Gasteiger partial charge in [-0.15, -0.1) is 11.6 Å². The van der Waals surface area contributed by atoms with Gasteiger partial charge in [-0.05, 0) is 25.3 Å². The predicted molar refractivity (Wildman–Crippen MR) is 56.9 cm³/mol. The van der Waals surface area contributed by atoms with Gasteiger partial charge in [-0.2, -0.15) is 0 Å². The zero-order valence-corrected chi connectivity index (χ0v) is 9.54. The third-order valence-electron chi connectivity index (χ3n) is 2.49. The van der Waals surface area contributed by atoms with Gasteiger partial charge in [0.05, 0.1) is 0 Å². The fraction of sp³-hybridized carbons (Fsp3) is 1.00. The first kappa shape index (κ1) is 12.2. The molecule has 0 aliphatic heterocycles. The molecule has 0 aromatic rings. The molecule has 0 aromatic carbocycles. The number of nitrogens with one attached hydrogen (secondary N) is 1. The van der Waals surface area contributed by atoms with E-state index in [4.69, 9.17) is 11.6 Å². The highest BCUT2D eigenvalue weighted by molar-refractivity contribution is 6.18. The molecule has 1 nitrogen and oxygen atoms in total. The summed E-state index contributed by atoms with van der Waals surface area (Å²) in [6, 6.07) is 0. The second kappa shape index (κ2) is 5.82. The highest BCUT2D eigenvalue weighted by Crippen LogP contribution is 2.17. The number of rotatable bonds is 6. The maximum Gasteiger partial charge on any atom is 0.0405 e. The molecule has 0 amide bonds. The summed E-state index contributed by atoms with van der Waals surface area (Å²) in [7, 11) is 0. The highest BCUT2D eigenvalue weighted by Gasteiger charge is 2.23. The molecule has 0 saturated heterocycles. The number of hydrogen-bond donors (Lipinski definition) is 1. The highest BCUT2D eigenvalue weighted by atomic mass is 35.5. The predicted octanol–water partition coefficient (Wildman–Crippen LogP) is 3.03. The molecule has 0 aromatic heterocycles. The van der Waals surface area contributed by atoms with Gasteiger partial charge in [-0.1, -0.05) is 27.7 Å². The molecule has 0 heterocycles. The van der Waals surface area contributed by atoms with E-state index in [9.17, 15) is 0 Å². The molecule has 0 aliphatic carbocycles. The van der Waals surface area contributed by atoms with Crippen LogP contribution in [0.1, 0.15) is 40.5 Å². The van der Waals surface area contributed by atoms with Crippen molar-refractivity contribution < 1.29 is 0 Å². The van der Waals surface area contributed by atoms with Gasteiger partial charge in [0.25, 0.3) is 0 Å². The van der Waals surface area contributed by atoms with Crippen molar-refractivity contribution in [1.29, 1.82) is 0 Å². The molecule has 0 rings (SSSR count). The maximum absolute atomic E-state index is 5.95. The molecular formula is C10H22ClN. The van der Waals surface area contributed by atoms with E-state index >= 15 is 0 Å². The van der Waals surface area contributed by atoms with Crippen LogP contribution in [-0.4, -0.2) is 18.0 Å². The van der Waals surface area contributed by atoms with E-state index in [-0.39, 0.29) is 5.54 Å². The fourth-order valence-electron chi connectivity index (χ4n) is 1.16. The summed E-state index contributed by atoms with van der Waals surface area (Å²) < 4.78 is 0. The number of hydrogen-bond acceptors (Lipinski definition) is 1. The lowest BCUT2D eigenvalue weighted by molar-refractivity contribution is 0.319. The molecule has 0 unspecified atom stereocenters. The van der Waals surface area contributed by atoms with Crippen LogP contribution in [0.3, 0.4) is 0 Å². The van der Waals surface area contributed by atoms with E-state index in [2.05, 4.69) is 33.0 Å². The van der Waals surface area contributed by atoms with Gasteiger partial charge in [-0.25, -0.2) is 0 Å². The summed E-state index contributed by atoms with van der Waals surface area (Å²) in [4.78, 5) is 0. The maximum atomic E-state index is 5.95. The normalized spacial score (nSPS) is 12.5. The molecule has 0 spiro atoms. The Balaban J connectivity index is 3.93. The molecule has 0 bridgehead atoms. The first-order chi connectivity index (χ1) is 5.60. The molecule has 0 atom stereocenters. The Kier molecular flexibility index (Phi) is 5.94. The van der Waals surface area contributed by atoms with E-state index in [1.807, 2.05) is 0 Å². The van der Waals surface area contributed by atoms with Gasteiger partial charge in [0.2, 0.25) is 0 Å². The van der Waals surface area contributed by atoms with Crippen LogP contribution in [0.5, 0.6) is 0 Å². The van der Waals surface area contributed by atoms with Crippen LogP contribution in [0.2, 0.25) is 0 Å². The average molecular weight is 192 g/mol. The first-order valence-corrected chi connectivity index (χ1v) is 5.44. The summed E-state index contributed by atoms with van der Waals surface area (Å²) in [6.07, 6.45) is 2.22. The van der Waals surface area contributed by atoms with Gasteiger partial charge in [0, 0.05) is 11.4 Å². The Morgan fingerprint density at radius 2 is 1.75 bits per heavy atom. The minimum atomic E-state index is 0.172. The van der Waals surface area contributed by atoms with Crippen LogP contribution < -0.4 is 5.32 Å². The van der Waals surface area contributed by atoms with Crippen LogP contribution in [0.25, 0.3) is 0 Å². The average Bonchev–Trinajstić information content (AvgIpc) is 2.08. The van der Waals surface area contributed by atoms with E-state index in [1.54, 1.807) is 0 Å². The van der Waals surface area contributed by atoms with Crippen LogP contribution >= 0.6 is 11.6 Å². The Hall–Kier alpha value is 0.250. The Labute approximate surface area is 81.9 Å². The van der Waals surface area contributed by atoms with Crippen molar-refractivity contribution in [3.8, 4) is 0 Å². The number of halogens is 1. The van der Waals surface area contributed by atoms with Crippen LogP contribution in [0.15, 0.2) is 0 Å².